The maximum atomic E-state index is 13.2. The van der Waals surface area contributed by atoms with Crippen LogP contribution in [0.2, 0.25) is 10.0 Å². The Bertz CT molecular complexity index is 863. The van der Waals surface area contributed by atoms with Crippen LogP contribution in [0.4, 0.5) is 0 Å². The lowest BCUT2D eigenvalue weighted by molar-refractivity contribution is -0.133. The third-order valence-corrected chi connectivity index (χ3v) is 6.95. The first kappa shape index (κ1) is 19.8. The third-order valence-electron chi connectivity index (χ3n) is 6.21. The number of halogens is 2. The zero-order valence-corrected chi connectivity index (χ0v) is 17.7. The summed E-state index contributed by atoms with van der Waals surface area (Å²) in [5, 5.41) is 1.01. The van der Waals surface area contributed by atoms with Gasteiger partial charge in [-0.1, -0.05) is 53.5 Å². The molecule has 5 heteroatoms. The van der Waals surface area contributed by atoms with Crippen molar-refractivity contribution in [2.24, 2.45) is 0 Å². The number of likely N-dealkylation sites (N-methyl/N-ethyl adjacent to an activating group) is 1. The van der Waals surface area contributed by atoms with Gasteiger partial charge in [-0.2, -0.15) is 0 Å². The molecule has 0 radical (unpaired) electrons. The zero-order chi connectivity index (χ0) is 19.7. The van der Waals surface area contributed by atoms with E-state index in [0.29, 0.717) is 22.5 Å². The molecule has 0 N–H and O–H groups in total. The van der Waals surface area contributed by atoms with E-state index in [0.717, 1.165) is 31.5 Å². The van der Waals surface area contributed by atoms with Crippen molar-refractivity contribution in [1.29, 1.82) is 0 Å². The van der Waals surface area contributed by atoms with E-state index in [1.807, 2.05) is 18.0 Å². The van der Waals surface area contributed by atoms with Gasteiger partial charge >= 0.3 is 0 Å². The summed E-state index contributed by atoms with van der Waals surface area (Å²) in [4.78, 5) is 17.8. The molecule has 0 bridgehead atoms. The molecule has 1 saturated heterocycles. The second kappa shape index (κ2) is 8.44. The first-order chi connectivity index (χ1) is 13.5. The quantitative estimate of drug-likeness (QED) is 0.687. The van der Waals surface area contributed by atoms with Gasteiger partial charge in [-0.25, -0.2) is 0 Å². The smallest absolute Gasteiger partial charge is 0.227 e. The van der Waals surface area contributed by atoms with Crippen molar-refractivity contribution < 1.29 is 4.79 Å². The number of likely N-dealkylation sites (tertiary alicyclic amines) is 1. The summed E-state index contributed by atoms with van der Waals surface area (Å²) in [6.45, 7) is 2.27. The Labute approximate surface area is 177 Å². The van der Waals surface area contributed by atoms with E-state index in [1.54, 1.807) is 12.1 Å². The monoisotopic (exact) mass is 416 g/mol. The second-order valence-electron chi connectivity index (χ2n) is 7.92. The molecule has 4 rings (SSSR count). The maximum absolute atomic E-state index is 13.2. The predicted molar refractivity (Wildman–Crippen MR) is 115 cm³/mol. The Morgan fingerprint density at radius 3 is 2.61 bits per heavy atom. The molecule has 0 unspecified atom stereocenters. The second-order valence-corrected chi connectivity index (χ2v) is 8.74. The van der Waals surface area contributed by atoms with E-state index in [1.165, 1.54) is 24.0 Å². The molecular weight excluding hydrogens is 391 g/mol. The molecule has 28 heavy (non-hydrogen) atoms. The standard InChI is InChI=1S/C23H26Cl2N2O/c1-26(22(28)15-16-8-10-19(24)20(25)14-16)23-18-7-3-2-6-17(18)9-11-21(23)27-12-4-5-13-27/h2-3,6-8,10,14,21,23H,4-5,9,11-13,15H2,1H3/t21-,23-/m0/s1. The van der Waals surface area contributed by atoms with Crippen LogP contribution >= 0.6 is 23.2 Å². The number of hydrogen-bond acceptors (Lipinski definition) is 2. The summed E-state index contributed by atoms with van der Waals surface area (Å²) in [5.41, 5.74) is 3.57. The highest BCUT2D eigenvalue weighted by Crippen LogP contribution is 2.38. The number of nitrogens with zero attached hydrogens (tertiary/aromatic N) is 2. The van der Waals surface area contributed by atoms with Gasteiger partial charge in [-0.05, 0) is 67.6 Å². The predicted octanol–water partition coefficient (Wildman–Crippen LogP) is 5.15. The number of rotatable bonds is 4. The van der Waals surface area contributed by atoms with Crippen molar-refractivity contribution >= 4 is 29.1 Å². The number of hydrogen-bond donors (Lipinski definition) is 0. The van der Waals surface area contributed by atoms with Gasteiger partial charge in [0.15, 0.2) is 0 Å². The van der Waals surface area contributed by atoms with E-state index in [-0.39, 0.29) is 11.9 Å². The molecule has 2 aliphatic rings. The zero-order valence-electron chi connectivity index (χ0n) is 16.2. The number of fused-ring (bicyclic) bond motifs is 1. The van der Waals surface area contributed by atoms with Gasteiger partial charge in [-0.3, -0.25) is 9.69 Å². The number of amides is 1. The Hall–Kier alpha value is -1.55. The molecule has 3 nitrogen and oxygen atoms in total. The lowest BCUT2D eigenvalue weighted by atomic mass is 9.82. The Kier molecular flexibility index (Phi) is 5.96. The minimum atomic E-state index is 0.0957. The average molecular weight is 417 g/mol. The van der Waals surface area contributed by atoms with E-state index < -0.39 is 0 Å². The lowest BCUT2D eigenvalue weighted by Crippen LogP contribution is -2.48. The minimum Gasteiger partial charge on any atom is -0.337 e. The van der Waals surface area contributed by atoms with E-state index in [2.05, 4.69) is 29.2 Å². The molecule has 2 aromatic carbocycles. The van der Waals surface area contributed by atoms with E-state index in [9.17, 15) is 4.79 Å². The van der Waals surface area contributed by atoms with Crippen LogP contribution in [0.15, 0.2) is 42.5 Å². The van der Waals surface area contributed by atoms with Crippen molar-refractivity contribution in [3.05, 3.63) is 69.2 Å². The topological polar surface area (TPSA) is 23.6 Å². The summed E-state index contributed by atoms with van der Waals surface area (Å²) in [5.74, 6) is 0.115. The molecular formula is C23H26Cl2N2O. The van der Waals surface area contributed by atoms with Gasteiger partial charge < -0.3 is 4.90 Å². The van der Waals surface area contributed by atoms with Gasteiger partial charge in [0.2, 0.25) is 5.91 Å². The van der Waals surface area contributed by atoms with Crippen LogP contribution in [0, 0.1) is 0 Å². The fourth-order valence-electron chi connectivity index (χ4n) is 4.75. The first-order valence-corrected chi connectivity index (χ1v) is 10.8. The fraction of sp³-hybridized carbons (Fsp3) is 0.435. The first-order valence-electron chi connectivity index (χ1n) is 10.1. The molecule has 0 aromatic heterocycles. The largest absolute Gasteiger partial charge is 0.337 e. The van der Waals surface area contributed by atoms with Crippen LogP contribution in [0.5, 0.6) is 0 Å². The highest BCUT2D eigenvalue weighted by atomic mass is 35.5. The van der Waals surface area contributed by atoms with Gasteiger partial charge in [-0.15, -0.1) is 0 Å². The summed E-state index contributed by atoms with van der Waals surface area (Å²) in [7, 11) is 1.95. The number of benzene rings is 2. The van der Waals surface area contributed by atoms with Gasteiger partial charge in [0, 0.05) is 13.1 Å². The average Bonchev–Trinajstić information content (AvgIpc) is 3.24. The summed E-state index contributed by atoms with van der Waals surface area (Å²) < 4.78 is 0. The molecule has 2 aromatic rings. The Morgan fingerprint density at radius 1 is 1.11 bits per heavy atom. The van der Waals surface area contributed by atoms with Crippen molar-refractivity contribution in [3.63, 3.8) is 0 Å². The normalized spacial score (nSPS) is 22.1. The SMILES string of the molecule is CN(C(=O)Cc1ccc(Cl)c(Cl)c1)[C@H]1c2ccccc2CC[C@@H]1N1CCCC1. The van der Waals surface area contributed by atoms with E-state index >= 15 is 0 Å². The van der Waals surface area contributed by atoms with Crippen LogP contribution in [0.1, 0.15) is 42.0 Å². The van der Waals surface area contributed by atoms with E-state index in [4.69, 9.17) is 23.2 Å². The van der Waals surface area contributed by atoms with Gasteiger partial charge in [0.1, 0.15) is 0 Å². The van der Waals surface area contributed by atoms with Crippen LogP contribution in [-0.4, -0.2) is 41.9 Å². The lowest BCUT2D eigenvalue weighted by Gasteiger charge is -2.43. The fourth-order valence-corrected chi connectivity index (χ4v) is 5.07. The summed E-state index contributed by atoms with van der Waals surface area (Å²) in [6, 6.07) is 14.5. The van der Waals surface area contributed by atoms with Crippen LogP contribution in [0.3, 0.4) is 0 Å². The highest BCUT2D eigenvalue weighted by molar-refractivity contribution is 6.42. The number of carbonyl (C=O) groups excluding carboxylic acids is 1. The molecule has 1 heterocycles. The molecule has 0 spiro atoms. The Balaban J connectivity index is 1.60. The minimum absolute atomic E-state index is 0.0957. The molecule has 1 aliphatic carbocycles. The van der Waals surface area contributed by atoms with Gasteiger partial charge in [0.05, 0.1) is 22.5 Å². The molecule has 1 fully saturated rings. The molecule has 148 valence electrons. The molecule has 0 saturated carbocycles. The summed E-state index contributed by atoms with van der Waals surface area (Å²) in [6.07, 6.45) is 5.03. The van der Waals surface area contributed by atoms with Crippen molar-refractivity contribution in [1.82, 2.24) is 9.80 Å². The molecule has 1 aliphatic heterocycles. The number of carbonyl (C=O) groups is 1. The van der Waals surface area contributed by atoms with Crippen molar-refractivity contribution in [3.8, 4) is 0 Å². The van der Waals surface area contributed by atoms with Crippen LogP contribution < -0.4 is 0 Å². The third kappa shape index (κ3) is 3.94. The van der Waals surface area contributed by atoms with Crippen LogP contribution in [-0.2, 0) is 17.6 Å². The molecule has 2 atom stereocenters. The van der Waals surface area contributed by atoms with Gasteiger partial charge in [0.25, 0.3) is 0 Å². The molecule has 1 amide bonds. The highest BCUT2D eigenvalue weighted by Gasteiger charge is 2.38. The van der Waals surface area contributed by atoms with Crippen molar-refractivity contribution in [2.45, 2.75) is 44.2 Å². The Morgan fingerprint density at radius 2 is 1.86 bits per heavy atom. The van der Waals surface area contributed by atoms with Crippen LogP contribution in [0.25, 0.3) is 0 Å². The summed E-state index contributed by atoms with van der Waals surface area (Å²) >= 11 is 12.2. The van der Waals surface area contributed by atoms with Crippen molar-refractivity contribution in [2.75, 3.05) is 20.1 Å². The number of aryl methyl sites for hydroxylation is 1. The maximum Gasteiger partial charge on any atom is 0.227 e.